The Morgan fingerprint density at radius 3 is 1.50 bits per heavy atom. The van der Waals surface area contributed by atoms with Gasteiger partial charge in [0.2, 0.25) is 6.29 Å². The van der Waals surface area contributed by atoms with E-state index >= 15 is 0 Å². The molecule has 1 aliphatic rings. The van der Waals surface area contributed by atoms with Crippen LogP contribution in [-0.2, 0) is 15.1 Å². The molecule has 0 radical (unpaired) electrons. The van der Waals surface area contributed by atoms with E-state index in [0.29, 0.717) is 0 Å². The van der Waals surface area contributed by atoms with Crippen molar-refractivity contribution >= 4 is 0 Å². The summed E-state index contributed by atoms with van der Waals surface area (Å²) in [6.45, 7) is -0.355. The Kier molecular flexibility index (Phi) is 5.66. The molecule has 4 rings (SSSR count). The summed E-state index contributed by atoms with van der Waals surface area (Å²) >= 11 is 0. The van der Waals surface area contributed by atoms with Crippen LogP contribution in [0.4, 0.5) is 8.78 Å². The molecule has 0 saturated carbocycles. The van der Waals surface area contributed by atoms with Crippen LogP contribution in [-0.4, -0.2) is 41.2 Å². The number of aliphatic hydroxyl groups excluding tert-OH is 2. The smallest absolute Gasteiger partial charge is 0.325 e. The Morgan fingerprint density at radius 1 is 0.767 bits per heavy atom. The topological polar surface area (TPSA) is 58.9 Å². The summed E-state index contributed by atoms with van der Waals surface area (Å²) in [6, 6.07) is 28.3. The van der Waals surface area contributed by atoms with Gasteiger partial charge in [-0.3, -0.25) is 0 Å². The lowest BCUT2D eigenvalue weighted by molar-refractivity contribution is -0.200. The Hall–Kier alpha value is -2.64. The minimum Gasteiger partial charge on any atom is -0.384 e. The van der Waals surface area contributed by atoms with Crippen molar-refractivity contribution in [3.8, 4) is 0 Å². The van der Waals surface area contributed by atoms with Gasteiger partial charge in [-0.2, -0.15) is 8.78 Å². The highest BCUT2D eigenvalue weighted by Gasteiger charge is 2.58. The Bertz CT molecular complexity index is 854. The van der Waals surface area contributed by atoms with Crippen LogP contribution in [0.25, 0.3) is 0 Å². The number of benzene rings is 3. The molecule has 2 N–H and O–H groups in total. The Balaban J connectivity index is 1.80. The minimum atomic E-state index is -3.76. The molecule has 4 nitrogen and oxygen atoms in total. The third kappa shape index (κ3) is 3.52. The van der Waals surface area contributed by atoms with E-state index in [0.717, 1.165) is 16.7 Å². The summed E-state index contributed by atoms with van der Waals surface area (Å²) in [7, 11) is 0. The number of hydrogen-bond donors (Lipinski definition) is 2. The van der Waals surface area contributed by atoms with Crippen molar-refractivity contribution in [3.63, 3.8) is 0 Å². The first-order chi connectivity index (χ1) is 14.5. The Morgan fingerprint density at radius 2 is 1.17 bits per heavy atom. The van der Waals surface area contributed by atoms with Crippen LogP contribution < -0.4 is 0 Å². The molecule has 1 fully saturated rings. The fraction of sp³-hybridized carbons (Fsp3) is 0.250. The maximum atomic E-state index is 13.9. The van der Waals surface area contributed by atoms with Gasteiger partial charge in [0.15, 0.2) is 6.10 Å². The maximum absolute atomic E-state index is 13.9. The molecule has 156 valence electrons. The van der Waals surface area contributed by atoms with Crippen molar-refractivity contribution in [1.29, 1.82) is 0 Å². The predicted octanol–water partition coefficient (Wildman–Crippen LogP) is 3.71. The highest BCUT2D eigenvalue weighted by molar-refractivity contribution is 5.47. The predicted molar refractivity (Wildman–Crippen MR) is 107 cm³/mol. The number of halogens is 2. The van der Waals surface area contributed by atoms with Gasteiger partial charge in [-0.15, -0.1) is 0 Å². The lowest BCUT2D eigenvalue weighted by Crippen LogP contribution is -2.42. The third-order valence-corrected chi connectivity index (χ3v) is 5.38. The maximum Gasteiger partial charge on any atom is 0.325 e. The van der Waals surface area contributed by atoms with Crippen LogP contribution in [0.5, 0.6) is 0 Å². The fourth-order valence-corrected chi connectivity index (χ4v) is 3.83. The molecule has 1 aliphatic heterocycles. The zero-order chi connectivity index (χ0) is 21.2. The molecular weight excluding hydrogens is 390 g/mol. The standard InChI is InChI=1S/C24H22F2O4/c25-24(26)21(27)20(30-22(24)28)16-29-23(17-10-4-1-5-11-17,18-12-6-2-7-13-18)19-14-8-3-9-15-19/h1-15,20-22,27-28H,16H2/t20-,21?,22-/m1/s1. The van der Waals surface area contributed by atoms with Gasteiger partial charge in [-0.25, -0.2) is 0 Å². The molecule has 0 spiro atoms. The van der Waals surface area contributed by atoms with Gasteiger partial charge in [0.05, 0.1) is 6.61 Å². The lowest BCUT2D eigenvalue weighted by Gasteiger charge is -2.37. The van der Waals surface area contributed by atoms with Crippen LogP contribution >= 0.6 is 0 Å². The number of rotatable bonds is 6. The van der Waals surface area contributed by atoms with Gasteiger partial charge in [0, 0.05) is 0 Å². The number of hydrogen-bond acceptors (Lipinski definition) is 4. The summed E-state index contributed by atoms with van der Waals surface area (Å²) < 4.78 is 39.1. The van der Waals surface area contributed by atoms with Gasteiger partial charge in [0.1, 0.15) is 11.7 Å². The molecule has 0 aliphatic carbocycles. The molecule has 0 aromatic heterocycles. The van der Waals surface area contributed by atoms with Gasteiger partial charge >= 0.3 is 5.92 Å². The first-order valence-electron chi connectivity index (χ1n) is 9.66. The third-order valence-electron chi connectivity index (χ3n) is 5.38. The lowest BCUT2D eigenvalue weighted by atomic mass is 9.80. The van der Waals surface area contributed by atoms with Crippen molar-refractivity contribution < 1.29 is 28.5 Å². The largest absolute Gasteiger partial charge is 0.384 e. The van der Waals surface area contributed by atoms with Crippen LogP contribution in [0, 0.1) is 0 Å². The molecule has 0 amide bonds. The zero-order valence-corrected chi connectivity index (χ0v) is 16.1. The van der Waals surface area contributed by atoms with Crippen LogP contribution in [0.15, 0.2) is 91.0 Å². The molecule has 3 aromatic rings. The highest BCUT2D eigenvalue weighted by atomic mass is 19.3. The number of aliphatic hydroxyl groups is 2. The molecule has 6 heteroatoms. The zero-order valence-electron chi connectivity index (χ0n) is 16.1. The normalized spacial score (nSPS) is 23.4. The van der Waals surface area contributed by atoms with Crippen LogP contribution in [0.1, 0.15) is 16.7 Å². The molecular formula is C24H22F2O4. The van der Waals surface area contributed by atoms with Crippen molar-refractivity contribution in [3.05, 3.63) is 108 Å². The molecule has 0 bridgehead atoms. The summed E-state index contributed by atoms with van der Waals surface area (Å²) in [5.41, 5.74) is 1.25. The number of alkyl halides is 2. The molecule has 1 saturated heterocycles. The quantitative estimate of drug-likeness (QED) is 0.606. The number of ether oxygens (including phenoxy) is 2. The van der Waals surface area contributed by atoms with Crippen molar-refractivity contribution in [2.75, 3.05) is 6.61 Å². The first kappa shape index (κ1) is 20.6. The van der Waals surface area contributed by atoms with Crippen molar-refractivity contribution in [2.24, 2.45) is 0 Å². The molecule has 1 unspecified atom stereocenters. The summed E-state index contributed by atoms with van der Waals surface area (Å²) in [6.07, 6.45) is -5.93. The molecule has 30 heavy (non-hydrogen) atoms. The van der Waals surface area contributed by atoms with E-state index in [4.69, 9.17) is 9.47 Å². The van der Waals surface area contributed by atoms with E-state index in [9.17, 15) is 19.0 Å². The van der Waals surface area contributed by atoms with Gasteiger partial charge in [0.25, 0.3) is 0 Å². The van der Waals surface area contributed by atoms with Crippen molar-refractivity contribution in [1.82, 2.24) is 0 Å². The first-order valence-corrected chi connectivity index (χ1v) is 9.66. The van der Waals surface area contributed by atoms with Crippen LogP contribution in [0.3, 0.4) is 0 Å². The minimum absolute atomic E-state index is 0.355. The van der Waals surface area contributed by atoms with E-state index in [1.54, 1.807) is 0 Å². The SMILES string of the molecule is OC1[C@@H](COC(c2ccccc2)(c2ccccc2)c2ccccc2)O[C@@H](O)C1(F)F. The van der Waals surface area contributed by atoms with Gasteiger partial charge in [-0.1, -0.05) is 91.0 Å². The molecule has 3 atom stereocenters. The average Bonchev–Trinajstić information content (AvgIpc) is 2.99. The summed E-state index contributed by atoms with van der Waals surface area (Å²) in [4.78, 5) is 0. The van der Waals surface area contributed by atoms with Crippen LogP contribution in [0.2, 0.25) is 0 Å². The second-order valence-corrected chi connectivity index (χ2v) is 7.24. The van der Waals surface area contributed by atoms with Gasteiger partial charge in [-0.05, 0) is 16.7 Å². The summed E-state index contributed by atoms with van der Waals surface area (Å²) in [5.74, 6) is -3.76. The van der Waals surface area contributed by atoms with E-state index in [1.165, 1.54) is 0 Å². The average molecular weight is 412 g/mol. The van der Waals surface area contributed by atoms with E-state index in [1.807, 2.05) is 91.0 Å². The molecule has 1 heterocycles. The van der Waals surface area contributed by atoms with E-state index < -0.39 is 30.0 Å². The second kappa shape index (κ2) is 8.24. The Labute approximate surface area is 173 Å². The summed E-state index contributed by atoms with van der Waals surface area (Å²) in [5, 5.41) is 19.5. The van der Waals surface area contributed by atoms with Gasteiger partial charge < -0.3 is 19.7 Å². The highest BCUT2D eigenvalue weighted by Crippen LogP contribution is 2.42. The molecule has 3 aromatic carbocycles. The van der Waals surface area contributed by atoms with E-state index in [-0.39, 0.29) is 6.61 Å². The second-order valence-electron chi connectivity index (χ2n) is 7.24. The van der Waals surface area contributed by atoms with Crippen molar-refractivity contribution in [2.45, 2.75) is 30.0 Å². The monoisotopic (exact) mass is 412 g/mol. The fourth-order valence-electron chi connectivity index (χ4n) is 3.83. The van der Waals surface area contributed by atoms with E-state index in [2.05, 4.69) is 0 Å².